The maximum atomic E-state index is 13.3. The molecule has 0 aliphatic carbocycles. The van der Waals surface area contributed by atoms with Crippen molar-refractivity contribution in [2.24, 2.45) is 5.73 Å². The van der Waals surface area contributed by atoms with Crippen LogP contribution in [0.1, 0.15) is 45.1 Å². The van der Waals surface area contributed by atoms with Crippen LogP contribution in [0.3, 0.4) is 0 Å². The summed E-state index contributed by atoms with van der Waals surface area (Å²) < 4.78 is 7.43. The molecular formula is C22H22N4O3. The summed E-state index contributed by atoms with van der Waals surface area (Å²) in [5.74, 6) is 0.818. The molecule has 5 rings (SSSR count). The van der Waals surface area contributed by atoms with Crippen LogP contribution in [0.4, 0.5) is 0 Å². The minimum atomic E-state index is -0.530. The quantitative estimate of drug-likeness (QED) is 0.744. The van der Waals surface area contributed by atoms with Crippen LogP contribution < -0.4 is 5.73 Å². The largest absolute Gasteiger partial charge is 0.469 e. The van der Waals surface area contributed by atoms with E-state index in [1.54, 1.807) is 19.3 Å². The van der Waals surface area contributed by atoms with Crippen LogP contribution >= 0.6 is 0 Å². The van der Waals surface area contributed by atoms with Crippen molar-refractivity contribution in [1.82, 2.24) is 14.5 Å². The first-order valence-electron chi connectivity index (χ1n) is 9.86. The van der Waals surface area contributed by atoms with E-state index in [4.69, 9.17) is 10.2 Å². The molecule has 1 fully saturated rings. The number of hydrogen-bond acceptors (Lipinski definition) is 4. The first-order chi connectivity index (χ1) is 14.0. The number of carbonyl (C=O) groups excluding carboxylic acids is 2. The molecule has 2 aliphatic rings. The van der Waals surface area contributed by atoms with Crippen molar-refractivity contribution in [2.45, 2.75) is 44.8 Å². The van der Waals surface area contributed by atoms with Gasteiger partial charge in [0.1, 0.15) is 17.3 Å². The van der Waals surface area contributed by atoms with Gasteiger partial charge in [-0.15, -0.1) is 0 Å². The predicted octanol–water partition coefficient (Wildman–Crippen LogP) is 2.78. The van der Waals surface area contributed by atoms with Crippen LogP contribution in [0, 0.1) is 6.92 Å². The van der Waals surface area contributed by atoms with Crippen molar-refractivity contribution in [3.05, 3.63) is 65.4 Å². The summed E-state index contributed by atoms with van der Waals surface area (Å²) >= 11 is 0. The Morgan fingerprint density at radius 1 is 1.14 bits per heavy atom. The second-order valence-corrected chi connectivity index (χ2v) is 7.76. The highest BCUT2D eigenvalue weighted by atomic mass is 16.3. The molecule has 3 aromatic rings. The van der Waals surface area contributed by atoms with Gasteiger partial charge in [-0.1, -0.05) is 30.3 Å². The molecule has 1 saturated heterocycles. The summed E-state index contributed by atoms with van der Waals surface area (Å²) in [6.07, 6.45) is 3.94. The van der Waals surface area contributed by atoms with E-state index in [1.165, 1.54) is 0 Å². The smallest absolute Gasteiger partial charge is 0.269 e. The summed E-state index contributed by atoms with van der Waals surface area (Å²) in [7, 11) is 0. The number of rotatable bonds is 3. The number of aryl methyl sites for hydroxylation is 1. The van der Waals surface area contributed by atoms with E-state index in [2.05, 4.69) is 9.55 Å². The summed E-state index contributed by atoms with van der Waals surface area (Å²) in [6, 6.07) is 11.6. The fourth-order valence-electron chi connectivity index (χ4n) is 4.75. The van der Waals surface area contributed by atoms with E-state index in [0.717, 1.165) is 29.9 Å². The van der Waals surface area contributed by atoms with E-state index in [9.17, 15) is 9.59 Å². The zero-order chi connectivity index (χ0) is 20.1. The van der Waals surface area contributed by atoms with E-state index in [0.29, 0.717) is 30.0 Å². The third-order valence-electron chi connectivity index (χ3n) is 6.10. The Labute approximate surface area is 168 Å². The first-order valence-corrected chi connectivity index (χ1v) is 9.86. The number of fused-ring (bicyclic) bond motifs is 3. The minimum Gasteiger partial charge on any atom is -0.469 e. The second kappa shape index (κ2) is 6.62. The molecule has 7 nitrogen and oxygen atoms in total. The van der Waals surface area contributed by atoms with Crippen LogP contribution in [0.25, 0.3) is 11.4 Å². The summed E-state index contributed by atoms with van der Waals surface area (Å²) in [5.41, 5.74) is 8.33. The number of nitrogens with zero attached hydrogens (tertiary/aromatic N) is 3. The van der Waals surface area contributed by atoms with Gasteiger partial charge in [-0.05, 0) is 25.8 Å². The van der Waals surface area contributed by atoms with Crippen LogP contribution in [0.2, 0.25) is 0 Å². The maximum Gasteiger partial charge on any atom is 0.269 e. The lowest BCUT2D eigenvalue weighted by Gasteiger charge is -2.28. The lowest BCUT2D eigenvalue weighted by molar-refractivity contribution is 0.0664. The Bertz CT molecular complexity index is 1100. The monoisotopic (exact) mass is 390 g/mol. The fraction of sp³-hybridized carbons (Fsp3) is 0.318. The lowest BCUT2D eigenvalue weighted by Crippen LogP contribution is -2.42. The Morgan fingerprint density at radius 3 is 2.59 bits per heavy atom. The minimum absolute atomic E-state index is 0.00986. The highest BCUT2D eigenvalue weighted by molar-refractivity contribution is 5.96. The third kappa shape index (κ3) is 2.76. The molecule has 1 aromatic carbocycles. The SMILES string of the molecule is Cc1occc1C(=O)N1C2CCC1Cn1c(-c3ccccc3)nc(C(N)=O)c1C2. The molecule has 0 saturated carbocycles. The molecule has 2 N–H and O–H groups in total. The number of carbonyl (C=O) groups is 2. The summed E-state index contributed by atoms with van der Waals surface area (Å²) in [6.45, 7) is 2.40. The number of primary amides is 1. The van der Waals surface area contributed by atoms with E-state index < -0.39 is 5.91 Å². The molecular weight excluding hydrogens is 368 g/mol. The van der Waals surface area contributed by atoms with Crippen molar-refractivity contribution in [1.29, 1.82) is 0 Å². The average Bonchev–Trinajstić information content (AvgIpc) is 3.37. The van der Waals surface area contributed by atoms with Gasteiger partial charge in [-0.2, -0.15) is 0 Å². The van der Waals surface area contributed by atoms with E-state index in [1.807, 2.05) is 35.2 Å². The fourth-order valence-corrected chi connectivity index (χ4v) is 4.75. The number of aromatic nitrogens is 2. The van der Waals surface area contributed by atoms with Crippen LogP contribution in [0.5, 0.6) is 0 Å². The Kier molecular flexibility index (Phi) is 4.04. The molecule has 2 aliphatic heterocycles. The Hall–Kier alpha value is -3.35. The van der Waals surface area contributed by atoms with Gasteiger partial charge in [-0.25, -0.2) is 4.98 Å². The number of hydrogen-bond donors (Lipinski definition) is 1. The molecule has 29 heavy (non-hydrogen) atoms. The number of nitrogens with two attached hydrogens (primary N) is 1. The van der Waals surface area contributed by atoms with Gasteiger partial charge in [0.2, 0.25) is 0 Å². The molecule has 2 aromatic heterocycles. The number of furan rings is 1. The van der Waals surface area contributed by atoms with Gasteiger partial charge in [-0.3, -0.25) is 9.59 Å². The second-order valence-electron chi connectivity index (χ2n) is 7.76. The highest BCUT2D eigenvalue weighted by Gasteiger charge is 2.42. The first kappa shape index (κ1) is 17.7. The highest BCUT2D eigenvalue weighted by Crippen LogP contribution is 2.36. The van der Waals surface area contributed by atoms with Crippen molar-refractivity contribution in [3.63, 3.8) is 0 Å². The van der Waals surface area contributed by atoms with Crippen LogP contribution in [-0.2, 0) is 13.0 Å². The van der Waals surface area contributed by atoms with Crippen molar-refractivity contribution < 1.29 is 14.0 Å². The van der Waals surface area contributed by atoms with Crippen molar-refractivity contribution >= 4 is 11.8 Å². The van der Waals surface area contributed by atoms with Gasteiger partial charge in [0.05, 0.1) is 23.6 Å². The molecule has 2 unspecified atom stereocenters. The number of imidazole rings is 1. The predicted molar refractivity (Wildman–Crippen MR) is 106 cm³/mol. The molecule has 7 heteroatoms. The molecule has 0 radical (unpaired) electrons. The third-order valence-corrected chi connectivity index (χ3v) is 6.10. The maximum absolute atomic E-state index is 13.3. The molecule has 2 atom stereocenters. The average molecular weight is 390 g/mol. The molecule has 148 valence electrons. The molecule has 2 amide bonds. The van der Waals surface area contributed by atoms with Crippen LogP contribution in [-0.4, -0.2) is 38.3 Å². The van der Waals surface area contributed by atoms with Crippen molar-refractivity contribution in [3.8, 4) is 11.4 Å². The number of amides is 2. The topological polar surface area (TPSA) is 94.4 Å². The Morgan fingerprint density at radius 2 is 1.90 bits per heavy atom. The normalized spacial score (nSPS) is 20.4. The van der Waals surface area contributed by atoms with Gasteiger partial charge < -0.3 is 19.6 Å². The van der Waals surface area contributed by atoms with E-state index in [-0.39, 0.29) is 18.0 Å². The van der Waals surface area contributed by atoms with Gasteiger partial charge in [0, 0.05) is 24.6 Å². The summed E-state index contributed by atoms with van der Waals surface area (Å²) in [5, 5.41) is 0. The zero-order valence-corrected chi connectivity index (χ0v) is 16.2. The number of benzene rings is 1. The van der Waals surface area contributed by atoms with Gasteiger partial charge in [0.25, 0.3) is 11.8 Å². The summed E-state index contributed by atoms with van der Waals surface area (Å²) in [4.78, 5) is 32.0. The molecule has 4 heterocycles. The molecule has 2 bridgehead atoms. The standard InChI is InChI=1S/C22H22N4O3/c1-13-17(9-10-29-13)22(28)26-15-7-8-16(26)12-25-18(11-15)19(20(23)27)24-21(25)14-5-3-2-4-6-14/h2-6,9-10,15-16H,7-8,11-12H2,1H3,(H2,23,27). The lowest BCUT2D eigenvalue weighted by atomic mass is 10.1. The Balaban J connectivity index is 1.59. The molecule has 0 spiro atoms. The van der Waals surface area contributed by atoms with Crippen LogP contribution in [0.15, 0.2) is 47.1 Å². The van der Waals surface area contributed by atoms with Gasteiger partial charge >= 0.3 is 0 Å². The van der Waals surface area contributed by atoms with Gasteiger partial charge in [0.15, 0.2) is 0 Å². The van der Waals surface area contributed by atoms with E-state index >= 15 is 0 Å². The zero-order valence-electron chi connectivity index (χ0n) is 16.2. The van der Waals surface area contributed by atoms with Crippen molar-refractivity contribution in [2.75, 3.05) is 0 Å².